The van der Waals surface area contributed by atoms with Gasteiger partial charge in [0.05, 0.1) is 7.11 Å². The number of carbonyl (C=O) groups is 1. The Labute approximate surface area is 97.7 Å². The van der Waals surface area contributed by atoms with Crippen molar-refractivity contribution in [3.63, 3.8) is 0 Å². The molecule has 2 aromatic rings. The Kier molecular flexibility index (Phi) is 3.25. The van der Waals surface area contributed by atoms with Crippen LogP contribution in [-0.4, -0.2) is 28.0 Å². The molecule has 2 rings (SSSR count). The zero-order chi connectivity index (χ0) is 12.1. The van der Waals surface area contributed by atoms with Crippen LogP contribution >= 0.6 is 0 Å². The molecule has 0 aliphatic carbocycles. The van der Waals surface area contributed by atoms with E-state index in [9.17, 15) is 4.79 Å². The molecule has 1 amide bonds. The average molecular weight is 230 g/mol. The standard InChI is InChI=1S/C11H10N4O2/c1-17-10-6-8(13-7-14-10)11(16)15-9-4-2-3-5-12-9/h2-7H,1H3,(H,12,15,16). The van der Waals surface area contributed by atoms with E-state index >= 15 is 0 Å². The van der Waals surface area contributed by atoms with Crippen molar-refractivity contribution in [2.45, 2.75) is 0 Å². The maximum atomic E-state index is 11.8. The molecule has 0 unspecified atom stereocenters. The lowest BCUT2D eigenvalue weighted by Crippen LogP contribution is -2.14. The number of rotatable bonds is 3. The summed E-state index contributed by atoms with van der Waals surface area (Å²) in [5, 5.41) is 2.61. The lowest BCUT2D eigenvalue weighted by Gasteiger charge is -2.04. The van der Waals surface area contributed by atoms with Gasteiger partial charge in [0.15, 0.2) is 0 Å². The van der Waals surface area contributed by atoms with Gasteiger partial charge in [-0.25, -0.2) is 15.0 Å². The molecule has 6 nitrogen and oxygen atoms in total. The third-order valence-electron chi connectivity index (χ3n) is 1.99. The Balaban J connectivity index is 2.14. The summed E-state index contributed by atoms with van der Waals surface area (Å²) in [6, 6.07) is 6.70. The average Bonchev–Trinajstić information content (AvgIpc) is 2.40. The van der Waals surface area contributed by atoms with Crippen molar-refractivity contribution in [1.29, 1.82) is 0 Å². The third kappa shape index (κ3) is 2.75. The van der Waals surface area contributed by atoms with Crippen molar-refractivity contribution in [1.82, 2.24) is 15.0 Å². The smallest absolute Gasteiger partial charge is 0.275 e. The molecule has 0 aliphatic heterocycles. The first-order valence-electron chi connectivity index (χ1n) is 4.88. The molecule has 6 heteroatoms. The van der Waals surface area contributed by atoms with E-state index in [1.807, 2.05) is 0 Å². The highest BCUT2D eigenvalue weighted by Crippen LogP contribution is 2.08. The molecule has 0 fully saturated rings. The summed E-state index contributed by atoms with van der Waals surface area (Å²) in [5.41, 5.74) is 0.225. The van der Waals surface area contributed by atoms with Crippen LogP contribution in [0.25, 0.3) is 0 Å². The molecule has 1 N–H and O–H groups in total. The highest BCUT2D eigenvalue weighted by atomic mass is 16.5. The molecule has 0 bridgehead atoms. The number of hydrogen-bond donors (Lipinski definition) is 1. The van der Waals surface area contributed by atoms with Crippen LogP contribution in [0, 0.1) is 0 Å². The van der Waals surface area contributed by atoms with Gasteiger partial charge in [-0.1, -0.05) is 6.07 Å². The summed E-state index contributed by atoms with van der Waals surface area (Å²) >= 11 is 0. The first-order chi connectivity index (χ1) is 8.29. The van der Waals surface area contributed by atoms with Crippen LogP contribution in [0.5, 0.6) is 5.88 Å². The van der Waals surface area contributed by atoms with Crippen LogP contribution in [0.4, 0.5) is 5.82 Å². The van der Waals surface area contributed by atoms with Crippen molar-refractivity contribution in [2.24, 2.45) is 0 Å². The van der Waals surface area contributed by atoms with Crippen LogP contribution in [0.15, 0.2) is 36.8 Å². The van der Waals surface area contributed by atoms with Crippen molar-refractivity contribution in [2.75, 3.05) is 12.4 Å². The van der Waals surface area contributed by atoms with Gasteiger partial charge >= 0.3 is 0 Å². The molecule has 2 aromatic heterocycles. The first-order valence-corrected chi connectivity index (χ1v) is 4.88. The fourth-order valence-corrected chi connectivity index (χ4v) is 1.19. The number of anilines is 1. The van der Waals surface area contributed by atoms with Crippen LogP contribution in [-0.2, 0) is 0 Å². The summed E-state index contributed by atoms with van der Waals surface area (Å²) in [7, 11) is 1.47. The second-order valence-electron chi connectivity index (χ2n) is 3.11. The molecular formula is C11H10N4O2. The third-order valence-corrected chi connectivity index (χ3v) is 1.99. The minimum atomic E-state index is -0.357. The zero-order valence-corrected chi connectivity index (χ0v) is 9.12. The minimum Gasteiger partial charge on any atom is -0.481 e. The van der Waals surface area contributed by atoms with Gasteiger partial charge in [0, 0.05) is 12.3 Å². The van der Waals surface area contributed by atoms with E-state index in [1.165, 1.54) is 19.5 Å². The minimum absolute atomic E-state index is 0.225. The number of hydrogen-bond acceptors (Lipinski definition) is 5. The molecule has 0 atom stereocenters. The van der Waals surface area contributed by atoms with Crippen LogP contribution in [0.1, 0.15) is 10.5 Å². The van der Waals surface area contributed by atoms with Gasteiger partial charge in [-0.2, -0.15) is 0 Å². The predicted octanol–water partition coefficient (Wildman–Crippen LogP) is 1.13. The molecule has 0 aromatic carbocycles. The van der Waals surface area contributed by atoms with Crippen LogP contribution < -0.4 is 10.1 Å². The molecule has 0 radical (unpaired) electrons. The fourth-order valence-electron chi connectivity index (χ4n) is 1.19. The molecular weight excluding hydrogens is 220 g/mol. The van der Waals surface area contributed by atoms with Crippen molar-refractivity contribution in [3.8, 4) is 5.88 Å². The zero-order valence-electron chi connectivity index (χ0n) is 9.12. The predicted molar refractivity (Wildman–Crippen MR) is 60.8 cm³/mol. The van der Waals surface area contributed by atoms with Gasteiger partial charge in [-0.15, -0.1) is 0 Å². The van der Waals surface area contributed by atoms with E-state index in [1.54, 1.807) is 24.4 Å². The number of aromatic nitrogens is 3. The van der Waals surface area contributed by atoms with Crippen molar-refractivity contribution in [3.05, 3.63) is 42.5 Å². The Bertz CT molecular complexity index is 516. The number of methoxy groups -OCH3 is 1. The summed E-state index contributed by atoms with van der Waals surface area (Å²) < 4.78 is 4.91. The normalized spacial score (nSPS) is 9.71. The summed E-state index contributed by atoms with van der Waals surface area (Å²) in [5.74, 6) is 0.450. The van der Waals surface area contributed by atoms with Gasteiger partial charge in [-0.05, 0) is 12.1 Å². The molecule has 86 valence electrons. The maximum absolute atomic E-state index is 11.8. The fraction of sp³-hybridized carbons (Fsp3) is 0.0909. The molecule has 0 spiro atoms. The van der Waals surface area contributed by atoms with E-state index in [2.05, 4.69) is 20.3 Å². The largest absolute Gasteiger partial charge is 0.481 e. The lowest BCUT2D eigenvalue weighted by molar-refractivity contribution is 0.102. The quantitative estimate of drug-likeness (QED) is 0.855. The summed E-state index contributed by atoms with van der Waals surface area (Å²) in [6.07, 6.45) is 2.86. The number of nitrogens with zero attached hydrogens (tertiary/aromatic N) is 3. The molecule has 0 saturated carbocycles. The number of carbonyl (C=O) groups excluding carboxylic acids is 1. The van der Waals surface area contributed by atoms with Gasteiger partial charge in [0.1, 0.15) is 17.8 Å². The number of amides is 1. The Morgan fingerprint density at radius 2 is 2.18 bits per heavy atom. The lowest BCUT2D eigenvalue weighted by atomic mass is 10.3. The number of ether oxygens (including phenoxy) is 1. The molecule has 2 heterocycles. The SMILES string of the molecule is COc1cc(C(=O)Nc2ccccn2)ncn1. The van der Waals surface area contributed by atoms with E-state index in [4.69, 9.17) is 4.74 Å². The Morgan fingerprint density at radius 1 is 1.29 bits per heavy atom. The van der Waals surface area contributed by atoms with Crippen molar-refractivity contribution < 1.29 is 9.53 Å². The van der Waals surface area contributed by atoms with Crippen molar-refractivity contribution >= 4 is 11.7 Å². The number of pyridine rings is 1. The van der Waals surface area contributed by atoms with E-state index in [-0.39, 0.29) is 11.6 Å². The topological polar surface area (TPSA) is 77.0 Å². The summed E-state index contributed by atoms with van der Waals surface area (Å²) in [6.45, 7) is 0. The van der Waals surface area contributed by atoms with E-state index < -0.39 is 0 Å². The highest BCUT2D eigenvalue weighted by Gasteiger charge is 2.09. The number of nitrogens with one attached hydrogen (secondary N) is 1. The van der Waals surface area contributed by atoms with Gasteiger partial charge in [0.25, 0.3) is 5.91 Å². The Morgan fingerprint density at radius 3 is 2.88 bits per heavy atom. The molecule has 17 heavy (non-hydrogen) atoms. The van der Waals surface area contributed by atoms with E-state index in [0.29, 0.717) is 11.7 Å². The van der Waals surface area contributed by atoms with Gasteiger partial charge in [0.2, 0.25) is 5.88 Å². The Hall–Kier alpha value is -2.50. The van der Waals surface area contributed by atoms with Gasteiger partial charge in [-0.3, -0.25) is 4.79 Å². The van der Waals surface area contributed by atoms with Gasteiger partial charge < -0.3 is 10.1 Å². The maximum Gasteiger partial charge on any atom is 0.275 e. The van der Waals surface area contributed by atoms with E-state index in [0.717, 1.165) is 0 Å². The molecule has 0 aliphatic rings. The highest BCUT2D eigenvalue weighted by molar-refractivity contribution is 6.02. The monoisotopic (exact) mass is 230 g/mol. The second kappa shape index (κ2) is 5.02. The molecule has 0 saturated heterocycles. The first kappa shape index (κ1) is 11.0. The van der Waals surface area contributed by atoms with Crippen LogP contribution in [0.3, 0.4) is 0 Å². The second-order valence-corrected chi connectivity index (χ2v) is 3.11. The van der Waals surface area contributed by atoms with Crippen LogP contribution in [0.2, 0.25) is 0 Å². The summed E-state index contributed by atoms with van der Waals surface area (Å²) in [4.78, 5) is 23.4.